The highest BCUT2D eigenvalue weighted by Gasteiger charge is 2.33. The predicted molar refractivity (Wildman–Crippen MR) is 76.1 cm³/mol. The Kier molecular flexibility index (Phi) is 4.13. The summed E-state index contributed by atoms with van der Waals surface area (Å²) in [6.45, 7) is 0.709. The van der Waals surface area contributed by atoms with Crippen LogP contribution in [-0.4, -0.2) is 29.5 Å². The average molecular weight is 279 g/mol. The summed E-state index contributed by atoms with van der Waals surface area (Å²) in [5, 5.41) is 8.68. The largest absolute Gasteiger partial charge is 0.356 e. The number of aromatic nitrogens is 1. The minimum atomic E-state index is 0.210. The average Bonchev–Trinajstić information content (AvgIpc) is 2.99. The molecule has 2 aliphatic heterocycles. The van der Waals surface area contributed by atoms with E-state index in [1.54, 1.807) is 11.3 Å². The first kappa shape index (κ1) is 13.1. The van der Waals surface area contributed by atoms with Crippen molar-refractivity contribution in [1.29, 1.82) is 0 Å². The molecule has 2 N–H and O–H groups in total. The van der Waals surface area contributed by atoms with Crippen molar-refractivity contribution in [2.75, 3.05) is 6.54 Å². The maximum atomic E-state index is 11.9. The van der Waals surface area contributed by atoms with Crippen LogP contribution in [0.4, 0.5) is 0 Å². The first-order chi connectivity index (χ1) is 9.29. The zero-order valence-corrected chi connectivity index (χ0v) is 11.9. The molecule has 0 spiro atoms. The van der Waals surface area contributed by atoms with E-state index in [-0.39, 0.29) is 5.91 Å². The van der Waals surface area contributed by atoms with Crippen LogP contribution in [-0.2, 0) is 11.2 Å². The number of carbonyl (C=O) groups excluding carboxylic acids is 1. The fourth-order valence-corrected chi connectivity index (χ4v) is 3.96. The Bertz CT molecular complexity index is 408. The molecule has 3 heterocycles. The van der Waals surface area contributed by atoms with Gasteiger partial charge in [0.2, 0.25) is 5.91 Å². The highest BCUT2D eigenvalue weighted by molar-refractivity contribution is 7.07. The van der Waals surface area contributed by atoms with Crippen LogP contribution < -0.4 is 10.6 Å². The van der Waals surface area contributed by atoms with Gasteiger partial charge in [0, 0.05) is 36.9 Å². The van der Waals surface area contributed by atoms with Gasteiger partial charge < -0.3 is 10.6 Å². The lowest BCUT2D eigenvalue weighted by Gasteiger charge is -2.28. The number of piperidine rings is 1. The third kappa shape index (κ3) is 3.54. The second-order valence-electron chi connectivity index (χ2n) is 5.76. The molecule has 0 saturated carbocycles. The number of hydrogen-bond donors (Lipinski definition) is 2. The lowest BCUT2D eigenvalue weighted by Crippen LogP contribution is -2.39. The van der Waals surface area contributed by atoms with Crippen molar-refractivity contribution in [3.8, 4) is 0 Å². The van der Waals surface area contributed by atoms with Crippen molar-refractivity contribution in [2.24, 2.45) is 5.92 Å². The SMILES string of the molecule is O=C(CC1CC2CCC(C1)N2)NCCc1cscn1. The predicted octanol–water partition coefficient (Wildman–Crippen LogP) is 1.72. The number of carbonyl (C=O) groups is 1. The van der Waals surface area contributed by atoms with E-state index < -0.39 is 0 Å². The van der Waals surface area contributed by atoms with Crippen LogP contribution in [0.2, 0.25) is 0 Å². The number of nitrogens with one attached hydrogen (secondary N) is 2. The molecule has 0 radical (unpaired) electrons. The van der Waals surface area contributed by atoms with Crippen LogP contribution in [0.15, 0.2) is 10.9 Å². The molecule has 104 valence electrons. The summed E-state index contributed by atoms with van der Waals surface area (Å²) in [4.78, 5) is 16.1. The highest BCUT2D eigenvalue weighted by Crippen LogP contribution is 2.32. The van der Waals surface area contributed by atoms with E-state index in [0.717, 1.165) is 12.1 Å². The molecule has 1 aromatic rings. The number of rotatable bonds is 5. The summed E-state index contributed by atoms with van der Waals surface area (Å²) in [6, 6.07) is 1.35. The van der Waals surface area contributed by atoms with Gasteiger partial charge in [-0.2, -0.15) is 0 Å². The molecule has 0 aromatic carbocycles. The van der Waals surface area contributed by atoms with Gasteiger partial charge >= 0.3 is 0 Å². The summed E-state index contributed by atoms with van der Waals surface area (Å²) in [7, 11) is 0. The van der Waals surface area contributed by atoms with Crippen LogP contribution in [0.25, 0.3) is 0 Å². The minimum absolute atomic E-state index is 0.210. The van der Waals surface area contributed by atoms with E-state index >= 15 is 0 Å². The Hall–Kier alpha value is -0.940. The molecule has 5 heteroatoms. The van der Waals surface area contributed by atoms with Gasteiger partial charge in [0.25, 0.3) is 0 Å². The number of thiazole rings is 1. The first-order valence-corrected chi connectivity index (χ1v) is 8.13. The Morgan fingerprint density at radius 2 is 2.21 bits per heavy atom. The standard InChI is InChI=1S/C14H21N3OS/c18-14(15-4-3-13-8-19-9-16-13)7-10-5-11-1-2-12(6-10)17-11/h8-12,17H,1-7H2,(H,15,18). The van der Waals surface area contributed by atoms with Crippen molar-refractivity contribution >= 4 is 17.2 Å². The monoisotopic (exact) mass is 279 g/mol. The van der Waals surface area contributed by atoms with E-state index in [0.29, 0.717) is 31.0 Å². The summed E-state index contributed by atoms with van der Waals surface area (Å²) < 4.78 is 0. The van der Waals surface area contributed by atoms with Gasteiger partial charge in [-0.1, -0.05) is 0 Å². The number of amides is 1. The van der Waals surface area contributed by atoms with Crippen LogP contribution in [0, 0.1) is 5.92 Å². The molecule has 2 unspecified atom stereocenters. The van der Waals surface area contributed by atoms with Crippen LogP contribution in [0.3, 0.4) is 0 Å². The van der Waals surface area contributed by atoms with Crippen LogP contribution in [0.1, 0.15) is 37.8 Å². The first-order valence-electron chi connectivity index (χ1n) is 7.19. The Morgan fingerprint density at radius 1 is 1.42 bits per heavy atom. The van der Waals surface area contributed by atoms with Crippen molar-refractivity contribution in [1.82, 2.24) is 15.6 Å². The van der Waals surface area contributed by atoms with Gasteiger partial charge in [0.1, 0.15) is 0 Å². The molecular weight excluding hydrogens is 258 g/mol. The second kappa shape index (κ2) is 6.01. The molecular formula is C14H21N3OS. The normalized spacial score (nSPS) is 29.4. The lowest BCUT2D eigenvalue weighted by atomic mass is 9.89. The van der Waals surface area contributed by atoms with E-state index in [2.05, 4.69) is 15.6 Å². The van der Waals surface area contributed by atoms with Gasteiger partial charge in [-0.15, -0.1) is 11.3 Å². The summed E-state index contributed by atoms with van der Waals surface area (Å²) in [5.41, 5.74) is 2.91. The fourth-order valence-electron chi connectivity index (χ4n) is 3.37. The van der Waals surface area contributed by atoms with Gasteiger partial charge in [-0.05, 0) is 31.6 Å². The third-order valence-corrected chi connectivity index (χ3v) is 4.87. The van der Waals surface area contributed by atoms with Gasteiger partial charge in [0.15, 0.2) is 0 Å². The summed E-state index contributed by atoms with van der Waals surface area (Å²) in [6.07, 6.45) is 6.49. The number of fused-ring (bicyclic) bond motifs is 2. The van der Waals surface area contributed by atoms with Gasteiger partial charge in [-0.3, -0.25) is 4.79 Å². The fraction of sp³-hybridized carbons (Fsp3) is 0.714. The van der Waals surface area contributed by atoms with Crippen LogP contribution >= 0.6 is 11.3 Å². The van der Waals surface area contributed by atoms with Crippen molar-refractivity contribution in [2.45, 2.75) is 50.6 Å². The molecule has 0 aliphatic carbocycles. The lowest BCUT2D eigenvalue weighted by molar-refractivity contribution is -0.122. The topological polar surface area (TPSA) is 54.0 Å². The van der Waals surface area contributed by atoms with E-state index in [9.17, 15) is 4.79 Å². The molecule has 2 atom stereocenters. The third-order valence-electron chi connectivity index (χ3n) is 4.23. The second-order valence-corrected chi connectivity index (χ2v) is 6.48. The quantitative estimate of drug-likeness (QED) is 0.863. The molecule has 2 fully saturated rings. The smallest absolute Gasteiger partial charge is 0.220 e. The van der Waals surface area contributed by atoms with E-state index in [1.165, 1.54) is 25.7 Å². The Balaban J connectivity index is 1.37. The van der Waals surface area contributed by atoms with Gasteiger partial charge in [0.05, 0.1) is 11.2 Å². The molecule has 19 heavy (non-hydrogen) atoms. The molecule has 3 rings (SSSR count). The Labute approximate surface area is 118 Å². The summed E-state index contributed by atoms with van der Waals surface area (Å²) >= 11 is 1.60. The number of hydrogen-bond acceptors (Lipinski definition) is 4. The van der Waals surface area contributed by atoms with Crippen molar-refractivity contribution in [3.63, 3.8) is 0 Å². The zero-order valence-electron chi connectivity index (χ0n) is 11.1. The van der Waals surface area contributed by atoms with E-state index in [1.807, 2.05) is 10.9 Å². The zero-order chi connectivity index (χ0) is 13.1. The highest BCUT2D eigenvalue weighted by atomic mass is 32.1. The molecule has 2 bridgehead atoms. The maximum absolute atomic E-state index is 11.9. The molecule has 1 aromatic heterocycles. The molecule has 1 amide bonds. The van der Waals surface area contributed by atoms with E-state index in [4.69, 9.17) is 0 Å². The molecule has 2 saturated heterocycles. The van der Waals surface area contributed by atoms with Crippen molar-refractivity contribution < 1.29 is 4.79 Å². The maximum Gasteiger partial charge on any atom is 0.220 e. The number of nitrogens with zero attached hydrogens (tertiary/aromatic N) is 1. The summed E-state index contributed by atoms with van der Waals surface area (Å²) in [5.74, 6) is 0.791. The minimum Gasteiger partial charge on any atom is -0.356 e. The molecule has 2 aliphatic rings. The van der Waals surface area contributed by atoms with Crippen LogP contribution in [0.5, 0.6) is 0 Å². The van der Waals surface area contributed by atoms with Gasteiger partial charge in [-0.25, -0.2) is 4.98 Å². The molecule has 4 nitrogen and oxygen atoms in total. The van der Waals surface area contributed by atoms with Crippen molar-refractivity contribution in [3.05, 3.63) is 16.6 Å². The Morgan fingerprint density at radius 3 is 2.89 bits per heavy atom.